The standard InChI is InChI=1S/C15H10O5S.K/c1-8-6-7-11-12(15(8)21(18,19)20)14(17)10-5-3-2-4-9(10)13(11)16;/h2-7H,1H3,(H,18,19,20);/q;+1/p-1. The Balaban J connectivity index is 0.00000176. The zero-order chi connectivity index (χ0) is 15.4. The number of fused-ring (bicyclic) bond motifs is 2. The van der Waals surface area contributed by atoms with Crippen LogP contribution in [0.15, 0.2) is 41.3 Å². The van der Waals surface area contributed by atoms with Gasteiger partial charge in [-0.25, -0.2) is 8.42 Å². The van der Waals surface area contributed by atoms with Crippen LogP contribution in [0.3, 0.4) is 0 Å². The molecule has 0 spiro atoms. The molecule has 0 bridgehead atoms. The summed E-state index contributed by atoms with van der Waals surface area (Å²) >= 11 is 0. The van der Waals surface area contributed by atoms with Gasteiger partial charge in [-0.2, -0.15) is 0 Å². The molecule has 0 N–H and O–H groups in total. The van der Waals surface area contributed by atoms with Gasteiger partial charge in [0.05, 0.1) is 10.5 Å². The maximum Gasteiger partial charge on any atom is 1.00 e. The van der Waals surface area contributed by atoms with E-state index in [0.29, 0.717) is 0 Å². The van der Waals surface area contributed by atoms with Gasteiger partial charge in [-0.15, -0.1) is 0 Å². The number of carbonyl (C=O) groups is 2. The normalized spacial score (nSPS) is 13.2. The third kappa shape index (κ3) is 2.67. The molecule has 0 amide bonds. The fraction of sp³-hybridized carbons (Fsp3) is 0.0667. The number of hydrogen-bond donors (Lipinski definition) is 0. The van der Waals surface area contributed by atoms with Crippen molar-refractivity contribution in [2.24, 2.45) is 0 Å². The minimum atomic E-state index is -4.86. The van der Waals surface area contributed by atoms with Gasteiger partial charge in [0.1, 0.15) is 10.1 Å². The topological polar surface area (TPSA) is 91.3 Å². The van der Waals surface area contributed by atoms with Gasteiger partial charge in [0.2, 0.25) is 0 Å². The third-order valence-electron chi connectivity index (χ3n) is 3.49. The van der Waals surface area contributed by atoms with Gasteiger partial charge in [-0.1, -0.05) is 30.3 Å². The van der Waals surface area contributed by atoms with Crippen molar-refractivity contribution in [2.45, 2.75) is 11.8 Å². The van der Waals surface area contributed by atoms with E-state index in [2.05, 4.69) is 0 Å². The Hall–Kier alpha value is -0.674. The molecule has 0 radical (unpaired) electrons. The quantitative estimate of drug-likeness (QED) is 0.405. The molecule has 0 aliphatic heterocycles. The largest absolute Gasteiger partial charge is 1.00 e. The number of hydrogen-bond acceptors (Lipinski definition) is 5. The van der Waals surface area contributed by atoms with Crippen LogP contribution in [0.4, 0.5) is 0 Å². The summed E-state index contributed by atoms with van der Waals surface area (Å²) in [6.07, 6.45) is 0. The molecule has 1 aliphatic carbocycles. The van der Waals surface area contributed by atoms with E-state index in [4.69, 9.17) is 0 Å². The monoisotopic (exact) mass is 340 g/mol. The van der Waals surface area contributed by atoms with Crippen molar-refractivity contribution in [2.75, 3.05) is 0 Å². The van der Waals surface area contributed by atoms with Gasteiger partial charge < -0.3 is 4.55 Å². The molecule has 22 heavy (non-hydrogen) atoms. The fourth-order valence-corrected chi connectivity index (χ4v) is 3.50. The summed E-state index contributed by atoms with van der Waals surface area (Å²) in [6, 6.07) is 8.90. The summed E-state index contributed by atoms with van der Waals surface area (Å²) in [6.45, 7) is 1.42. The molecule has 0 atom stereocenters. The molecular weight excluding hydrogens is 331 g/mol. The van der Waals surface area contributed by atoms with Crippen LogP contribution in [0, 0.1) is 6.92 Å². The summed E-state index contributed by atoms with van der Waals surface area (Å²) in [7, 11) is -4.86. The molecule has 3 rings (SSSR count). The molecule has 7 heteroatoms. The van der Waals surface area contributed by atoms with Crippen LogP contribution in [0.5, 0.6) is 0 Å². The van der Waals surface area contributed by atoms with Crippen LogP contribution in [0.1, 0.15) is 37.4 Å². The molecule has 0 aromatic heterocycles. The second kappa shape index (κ2) is 6.08. The fourth-order valence-electron chi connectivity index (χ4n) is 2.58. The van der Waals surface area contributed by atoms with Gasteiger partial charge in [-0.05, 0) is 18.6 Å². The van der Waals surface area contributed by atoms with E-state index in [1.54, 1.807) is 12.1 Å². The molecule has 0 heterocycles. The first-order valence-electron chi connectivity index (χ1n) is 6.10. The van der Waals surface area contributed by atoms with Crippen molar-refractivity contribution in [1.82, 2.24) is 0 Å². The van der Waals surface area contributed by atoms with Crippen LogP contribution in [0.25, 0.3) is 0 Å². The average Bonchev–Trinajstić information content (AvgIpc) is 2.43. The van der Waals surface area contributed by atoms with Crippen molar-refractivity contribution in [3.8, 4) is 0 Å². The van der Waals surface area contributed by atoms with Gasteiger partial charge in [0.15, 0.2) is 11.6 Å². The summed E-state index contributed by atoms with van der Waals surface area (Å²) in [5.74, 6) is -1.07. The van der Waals surface area contributed by atoms with E-state index in [9.17, 15) is 22.6 Å². The molecular formula is C15H9KO5S. The van der Waals surface area contributed by atoms with E-state index in [0.717, 1.165) is 0 Å². The summed E-state index contributed by atoms with van der Waals surface area (Å²) in [5.41, 5.74) is 0.135. The van der Waals surface area contributed by atoms with E-state index in [1.165, 1.54) is 31.2 Å². The van der Waals surface area contributed by atoms with Gasteiger partial charge in [0.25, 0.3) is 0 Å². The van der Waals surface area contributed by atoms with E-state index in [-0.39, 0.29) is 79.2 Å². The zero-order valence-corrected chi connectivity index (χ0v) is 15.9. The number of carbonyl (C=O) groups excluding carboxylic acids is 2. The molecule has 0 fully saturated rings. The summed E-state index contributed by atoms with van der Waals surface area (Å²) in [4.78, 5) is 24.3. The van der Waals surface area contributed by atoms with E-state index in [1.807, 2.05) is 0 Å². The SMILES string of the molecule is Cc1ccc2c(c1S(=O)(=O)[O-])C(=O)c1ccccc1C2=O.[K+]. The first-order valence-corrected chi connectivity index (χ1v) is 7.51. The van der Waals surface area contributed by atoms with Gasteiger partial charge in [0, 0.05) is 16.7 Å². The maximum absolute atomic E-state index is 12.5. The predicted octanol–water partition coefficient (Wildman–Crippen LogP) is -1.32. The van der Waals surface area contributed by atoms with E-state index >= 15 is 0 Å². The second-order valence-corrected chi connectivity index (χ2v) is 6.11. The molecule has 106 valence electrons. The Kier molecular flexibility index (Phi) is 4.89. The van der Waals surface area contributed by atoms with Crippen LogP contribution < -0.4 is 51.4 Å². The third-order valence-corrected chi connectivity index (χ3v) is 4.52. The second-order valence-electron chi connectivity index (χ2n) is 4.79. The Bertz CT molecular complexity index is 916. The van der Waals surface area contributed by atoms with Crippen LogP contribution in [0.2, 0.25) is 0 Å². The van der Waals surface area contributed by atoms with Crippen molar-refractivity contribution in [3.05, 3.63) is 64.2 Å². The Labute approximate surface area is 169 Å². The molecule has 0 saturated carbocycles. The van der Waals surface area contributed by atoms with Gasteiger partial charge in [-0.3, -0.25) is 9.59 Å². The predicted molar refractivity (Wildman–Crippen MR) is 72.4 cm³/mol. The van der Waals surface area contributed by atoms with Crippen LogP contribution in [-0.4, -0.2) is 24.5 Å². The average molecular weight is 340 g/mol. The van der Waals surface area contributed by atoms with Crippen molar-refractivity contribution < 1.29 is 73.9 Å². The number of ketones is 2. The Morgan fingerprint density at radius 1 is 0.864 bits per heavy atom. The molecule has 1 aliphatic rings. The first kappa shape index (κ1) is 17.7. The van der Waals surface area contributed by atoms with E-state index < -0.39 is 26.6 Å². The molecule has 0 unspecified atom stereocenters. The molecule has 0 saturated heterocycles. The first-order chi connectivity index (χ1) is 9.82. The zero-order valence-electron chi connectivity index (χ0n) is 11.9. The molecule has 2 aromatic rings. The van der Waals surface area contributed by atoms with Crippen LogP contribution >= 0.6 is 0 Å². The van der Waals surface area contributed by atoms with Crippen molar-refractivity contribution in [1.29, 1.82) is 0 Å². The molecule has 5 nitrogen and oxygen atoms in total. The van der Waals surface area contributed by atoms with Crippen LogP contribution in [-0.2, 0) is 10.1 Å². The number of benzene rings is 2. The summed E-state index contributed by atoms with van der Waals surface area (Å²) in [5, 5.41) is 0. The summed E-state index contributed by atoms with van der Waals surface area (Å²) < 4.78 is 34.4. The Morgan fingerprint density at radius 2 is 1.41 bits per heavy atom. The number of rotatable bonds is 1. The maximum atomic E-state index is 12.5. The minimum absolute atomic E-state index is 0. The minimum Gasteiger partial charge on any atom is -0.744 e. The van der Waals surface area contributed by atoms with Crippen molar-refractivity contribution in [3.63, 3.8) is 0 Å². The number of aryl methyl sites for hydroxylation is 1. The van der Waals surface area contributed by atoms with Crippen molar-refractivity contribution >= 4 is 21.7 Å². The Morgan fingerprint density at radius 3 is 1.95 bits per heavy atom. The van der Waals surface area contributed by atoms with Gasteiger partial charge >= 0.3 is 51.4 Å². The smallest absolute Gasteiger partial charge is 0.744 e. The molecule has 2 aromatic carbocycles.